The van der Waals surface area contributed by atoms with E-state index in [-0.39, 0.29) is 31.2 Å². The topological polar surface area (TPSA) is 63.7 Å². The summed E-state index contributed by atoms with van der Waals surface area (Å²) in [5.41, 5.74) is 0.766. The van der Waals surface area contributed by atoms with Crippen molar-refractivity contribution in [3.05, 3.63) is 35.4 Å². The minimum atomic E-state index is -1.33. The number of halogens is 1. The molecule has 0 fully saturated rings. The Bertz CT molecular complexity index is 538. The largest absolute Gasteiger partial charge is 0.469 e. The van der Waals surface area contributed by atoms with E-state index in [1.165, 1.54) is 7.11 Å². The van der Waals surface area contributed by atoms with Crippen molar-refractivity contribution < 1.29 is 23.5 Å². The van der Waals surface area contributed by atoms with Gasteiger partial charge in [-0.1, -0.05) is 12.1 Å². The number of imide groups is 1. The van der Waals surface area contributed by atoms with Gasteiger partial charge in [0.15, 0.2) is 0 Å². The smallest absolute Gasteiger partial charge is 0.308 e. The Morgan fingerprint density at radius 1 is 1.24 bits per heavy atom. The van der Waals surface area contributed by atoms with Gasteiger partial charge in [-0.05, 0) is 25.0 Å². The van der Waals surface area contributed by atoms with Gasteiger partial charge < -0.3 is 4.74 Å². The number of hydrogen-bond acceptors (Lipinski definition) is 4. The van der Waals surface area contributed by atoms with Crippen LogP contribution in [0.25, 0.3) is 0 Å². The predicted molar refractivity (Wildman–Crippen MR) is 72.6 cm³/mol. The fraction of sp³-hybridized carbons (Fsp3) is 0.400. The maximum absolute atomic E-state index is 13.5. The minimum absolute atomic E-state index is 0.0997. The van der Waals surface area contributed by atoms with Crippen LogP contribution in [0.15, 0.2) is 24.3 Å². The number of nitrogens with zero attached hydrogens (tertiary/aromatic N) is 1. The van der Waals surface area contributed by atoms with Crippen LogP contribution in [0.1, 0.15) is 40.0 Å². The van der Waals surface area contributed by atoms with Crippen molar-refractivity contribution in [2.24, 2.45) is 0 Å². The van der Waals surface area contributed by atoms with Gasteiger partial charge in [-0.25, -0.2) is 4.39 Å². The van der Waals surface area contributed by atoms with Gasteiger partial charge in [0.25, 0.3) is 11.8 Å². The summed E-state index contributed by atoms with van der Waals surface area (Å²) in [5, 5.41) is 0. The van der Waals surface area contributed by atoms with Crippen molar-refractivity contribution in [3.8, 4) is 0 Å². The molecule has 0 saturated heterocycles. The molecule has 21 heavy (non-hydrogen) atoms. The van der Waals surface area contributed by atoms with Crippen LogP contribution < -0.4 is 0 Å². The molecule has 0 spiro atoms. The number of hydrogen-bond donors (Lipinski definition) is 0. The number of amides is 2. The molecule has 0 bridgehead atoms. The van der Waals surface area contributed by atoms with Crippen molar-refractivity contribution in [2.75, 3.05) is 13.7 Å². The van der Waals surface area contributed by atoms with Crippen molar-refractivity contribution in [1.29, 1.82) is 0 Å². The lowest BCUT2D eigenvalue weighted by atomic mass is 10.1. The Morgan fingerprint density at radius 2 is 1.81 bits per heavy atom. The Labute approximate surface area is 121 Å². The van der Waals surface area contributed by atoms with Crippen LogP contribution in [0.5, 0.6) is 0 Å². The second-order valence-electron chi connectivity index (χ2n) is 4.83. The van der Waals surface area contributed by atoms with E-state index >= 15 is 0 Å². The molecule has 0 saturated carbocycles. The predicted octanol–water partition coefficient (Wildman–Crippen LogP) is 1.96. The van der Waals surface area contributed by atoms with Crippen molar-refractivity contribution >= 4 is 17.8 Å². The van der Waals surface area contributed by atoms with Gasteiger partial charge in [0, 0.05) is 6.54 Å². The van der Waals surface area contributed by atoms with Gasteiger partial charge in [-0.3, -0.25) is 19.3 Å². The third-order valence-electron chi connectivity index (χ3n) is 3.39. The van der Waals surface area contributed by atoms with Crippen LogP contribution >= 0.6 is 0 Å². The summed E-state index contributed by atoms with van der Waals surface area (Å²) in [7, 11) is 1.20. The molecule has 2 rings (SSSR count). The quantitative estimate of drug-likeness (QED) is 0.594. The van der Waals surface area contributed by atoms with Crippen LogP contribution in [0, 0.1) is 0 Å². The van der Waals surface area contributed by atoms with E-state index in [1.54, 1.807) is 24.3 Å². The highest BCUT2D eigenvalue weighted by Gasteiger charge is 2.34. The number of carbonyl (C=O) groups excluding carboxylic acids is 3. The van der Waals surface area contributed by atoms with Gasteiger partial charge in [0.1, 0.15) is 6.17 Å². The molecule has 1 aliphatic heterocycles. The Morgan fingerprint density at radius 3 is 2.33 bits per heavy atom. The molecule has 0 aromatic heterocycles. The van der Waals surface area contributed by atoms with E-state index in [9.17, 15) is 18.8 Å². The highest BCUT2D eigenvalue weighted by Crippen LogP contribution is 2.23. The summed E-state index contributed by atoms with van der Waals surface area (Å²) in [6.45, 7) is 0.147. The van der Waals surface area contributed by atoms with E-state index in [0.717, 1.165) is 4.90 Å². The average molecular weight is 293 g/mol. The molecule has 0 aliphatic carbocycles. The van der Waals surface area contributed by atoms with Crippen LogP contribution in [0.4, 0.5) is 4.39 Å². The second kappa shape index (κ2) is 6.47. The van der Waals surface area contributed by atoms with Crippen LogP contribution in [-0.4, -0.2) is 42.5 Å². The van der Waals surface area contributed by atoms with E-state index in [1.807, 2.05) is 0 Å². The molecule has 0 N–H and O–H groups in total. The lowest BCUT2D eigenvalue weighted by Crippen LogP contribution is -2.31. The van der Waals surface area contributed by atoms with Crippen LogP contribution in [-0.2, 0) is 9.53 Å². The molecule has 1 aromatic rings. The lowest BCUT2D eigenvalue weighted by Gasteiger charge is -2.14. The van der Waals surface area contributed by atoms with E-state index < -0.39 is 12.1 Å². The molecule has 1 unspecified atom stereocenters. The Balaban J connectivity index is 1.87. The number of rotatable bonds is 6. The number of carbonyl (C=O) groups is 3. The Kier molecular flexibility index (Phi) is 4.67. The lowest BCUT2D eigenvalue weighted by molar-refractivity contribution is -0.141. The number of esters is 1. The zero-order valence-corrected chi connectivity index (χ0v) is 11.7. The summed E-state index contributed by atoms with van der Waals surface area (Å²) >= 11 is 0. The van der Waals surface area contributed by atoms with Gasteiger partial charge in [-0.15, -0.1) is 0 Å². The molecule has 0 radical (unpaired) electrons. The molecule has 1 aromatic carbocycles. The third kappa shape index (κ3) is 3.26. The van der Waals surface area contributed by atoms with Crippen LogP contribution in [0.3, 0.4) is 0 Å². The van der Waals surface area contributed by atoms with Crippen molar-refractivity contribution in [2.45, 2.75) is 25.4 Å². The molecular formula is C15H16FNO4. The molecular weight excluding hydrogens is 277 g/mol. The maximum atomic E-state index is 13.5. The minimum Gasteiger partial charge on any atom is -0.469 e. The number of methoxy groups -OCH3 is 1. The van der Waals surface area contributed by atoms with Crippen molar-refractivity contribution in [3.63, 3.8) is 0 Å². The Hall–Kier alpha value is -2.24. The normalized spacial score (nSPS) is 15.0. The molecule has 5 nitrogen and oxygen atoms in total. The molecule has 112 valence electrons. The van der Waals surface area contributed by atoms with Crippen molar-refractivity contribution in [1.82, 2.24) is 4.90 Å². The summed E-state index contributed by atoms with van der Waals surface area (Å²) in [5.74, 6) is -1.30. The van der Waals surface area contributed by atoms with Gasteiger partial charge in [-0.2, -0.15) is 0 Å². The molecule has 1 aliphatic rings. The van der Waals surface area contributed by atoms with E-state index in [2.05, 4.69) is 4.74 Å². The van der Waals surface area contributed by atoms with Gasteiger partial charge >= 0.3 is 5.97 Å². The monoisotopic (exact) mass is 293 g/mol. The fourth-order valence-electron chi connectivity index (χ4n) is 2.28. The first-order valence-corrected chi connectivity index (χ1v) is 6.70. The van der Waals surface area contributed by atoms with Gasteiger partial charge in [0.2, 0.25) is 0 Å². The SMILES string of the molecule is COC(=O)CC(F)CCCN1C(=O)c2ccccc2C1=O. The molecule has 1 atom stereocenters. The van der Waals surface area contributed by atoms with Crippen LogP contribution in [0.2, 0.25) is 0 Å². The molecule has 1 heterocycles. The highest BCUT2D eigenvalue weighted by molar-refractivity contribution is 6.21. The maximum Gasteiger partial charge on any atom is 0.308 e. The zero-order valence-electron chi connectivity index (χ0n) is 11.7. The fourth-order valence-corrected chi connectivity index (χ4v) is 2.28. The number of ether oxygens (including phenoxy) is 1. The third-order valence-corrected chi connectivity index (χ3v) is 3.39. The highest BCUT2D eigenvalue weighted by atomic mass is 19.1. The molecule has 6 heteroatoms. The summed E-state index contributed by atoms with van der Waals surface area (Å²) in [6.07, 6.45) is -1.22. The summed E-state index contributed by atoms with van der Waals surface area (Å²) < 4.78 is 17.9. The first-order valence-electron chi connectivity index (χ1n) is 6.70. The number of benzene rings is 1. The van der Waals surface area contributed by atoms with E-state index in [4.69, 9.17) is 0 Å². The number of fused-ring (bicyclic) bond motifs is 1. The first-order chi connectivity index (χ1) is 10.0. The summed E-state index contributed by atoms with van der Waals surface area (Å²) in [4.78, 5) is 36.1. The number of alkyl halides is 1. The zero-order chi connectivity index (χ0) is 15.4. The average Bonchev–Trinajstić information content (AvgIpc) is 2.72. The standard InChI is InChI=1S/C15H16FNO4/c1-21-13(18)9-10(16)5-4-8-17-14(19)11-6-2-3-7-12(11)15(17)20/h2-3,6-7,10H,4-5,8-9H2,1H3. The first kappa shape index (κ1) is 15.2. The second-order valence-corrected chi connectivity index (χ2v) is 4.83. The van der Waals surface area contributed by atoms with Gasteiger partial charge in [0.05, 0.1) is 24.7 Å². The van der Waals surface area contributed by atoms with E-state index in [0.29, 0.717) is 17.5 Å². The summed E-state index contributed by atoms with van der Waals surface area (Å²) in [6, 6.07) is 6.60. The molecule has 2 amide bonds.